The molecule has 0 bridgehead atoms. The largest absolute Gasteiger partial charge is 0.347 e. The van der Waals surface area contributed by atoms with Gasteiger partial charge in [-0.25, -0.2) is 14.4 Å². The summed E-state index contributed by atoms with van der Waals surface area (Å²) in [7, 11) is 0. The summed E-state index contributed by atoms with van der Waals surface area (Å²) < 4.78 is 13.0. The summed E-state index contributed by atoms with van der Waals surface area (Å²) in [6, 6.07) is 7.36. The molecular formula is C14H13FN4O2. The number of aryl methyl sites for hydroxylation is 1. The lowest BCUT2D eigenvalue weighted by molar-refractivity contribution is 0.0945. The third-order valence-electron chi connectivity index (χ3n) is 2.69. The first-order chi connectivity index (χ1) is 10.1. The van der Waals surface area contributed by atoms with Gasteiger partial charge in [0.2, 0.25) is 0 Å². The van der Waals surface area contributed by atoms with E-state index in [0.29, 0.717) is 17.1 Å². The Morgan fingerprint density at radius 1 is 1.33 bits per heavy atom. The number of halogens is 1. The summed E-state index contributed by atoms with van der Waals surface area (Å²) in [5.41, 5.74) is 1.18. The number of aromatic nitrogens is 2. The summed E-state index contributed by atoms with van der Waals surface area (Å²) in [6.07, 6.45) is 0. The lowest BCUT2D eigenvalue weighted by Gasteiger charge is -2.06. The average Bonchev–Trinajstić information content (AvgIpc) is 2.44. The molecule has 0 spiro atoms. The van der Waals surface area contributed by atoms with E-state index in [1.165, 1.54) is 18.2 Å². The van der Waals surface area contributed by atoms with Crippen LogP contribution >= 0.6 is 0 Å². The number of carbonyl (C=O) groups excluding carboxylic acids is 1. The van der Waals surface area contributed by atoms with Gasteiger partial charge in [0.1, 0.15) is 23.9 Å². The lowest BCUT2D eigenvalue weighted by Crippen LogP contribution is -2.24. The number of nitrogens with one attached hydrogen (secondary N) is 1. The lowest BCUT2D eigenvalue weighted by atomic mass is 10.2. The van der Waals surface area contributed by atoms with Crippen LogP contribution in [0.4, 0.5) is 4.39 Å². The van der Waals surface area contributed by atoms with E-state index in [-0.39, 0.29) is 24.6 Å². The van der Waals surface area contributed by atoms with Crippen molar-refractivity contribution in [3.05, 3.63) is 63.8 Å². The number of nitrogens with zero attached hydrogens (tertiary/aromatic N) is 3. The molecule has 0 atom stereocenters. The number of nitroso groups, excluding NO2 is 1. The van der Waals surface area contributed by atoms with Gasteiger partial charge in [-0.1, -0.05) is 17.3 Å². The molecule has 7 heteroatoms. The minimum atomic E-state index is -0.420. The third kappa shape index (κ3) is 4.13. The highest BCUT2D eigenvalue weighted by molar-refractivity contribution is 5.92. The van der Waals surface area contributed by atoms with Gasteiger partial charge in [-0.15, -0.1) is 0 Å². The van der Waals surface area contributed by atoms with Crippen LogP contribution in [-0.4, -0.2) is 15.9 Å². The van der Waals surface area contributed by atoms with Crippen molar-refractivity contribution in [2.45, 2.75) is 20.0 Å². The zero-order valence-corrected chi connectivity index (χ0v) is 11.3. The monoisotopic (exact) mass is 288 g/mol. The van der Waals surface area contributed by atoms with Crippen LogP contribution in [-0.2, 0) is 13.1 Å². The Labute approximate surface area is 120 Å². The van der Waals surface area contributed by atoms with Crippen molar-refractivity contribution in [1.29, 1.82) is 0 Å². The Hall–Kier alpha value is -2.70. The highest BCUT2D eigenvalue weighted by Gasteiger charge is 2.10. The minimum Gasteiger partial charge on any atom is -0.347 e. The number of benzene rings is 1. The summed E-state index contributed by atoms with van der Waals surface area (Å²) >= 11 is 0. The maximum atomic E-state index is 13.0. The molecule has 0 fully saturated rings. The summed E-state index contributed by atoms with van der Waals surface area (Å²) in [5, 5.41) is 5.37. The van der Waals surface area contributed by atoms with Crippen molar-refractivity contribution < 1.29 is 9.18 Å². The first kappa shape index (κ1) is 14.7. The fourth-order valence-corrected chi connectivity index (χ4v) is 1.81. The van der Waals surface area contributed by atoms with Crippen LogP contribution in [0.15, 0.2) is 35.5 Å². The summed E-state index contributed by atoms with van der Waals surface area (Å²) in [4.78, 5) is 30.3. The molecule has 21 heavy (non-hydrogen) atoms. The van der Waals surface area contributed by atoms with E-state index in [4.69, 9.17) is 0 Å². The molecule has 0 saturated carbocycles. The van der Waals surface area contributed by atoms with Gasteiger partial charge in [0.05, 0.1) is 5.69 Å². The number of hydrogen-bond donors (Lipinski definition) is 1. The van der Waals surface area contributed by atoms with Crippen molar-refractivity contribution in [2.24, 2.45) is 5.18 Å². The van der Waals surface area contributed by atoms with Gasteiger partial charge in [0.25, 0.3) is 5.91 Å². The Morgan fingerprint density at radius 3 is 2.86 bits per heavy atom. The average molecular weight is 288 g/mol. The van der Waals surface area contributed by atoms with E-state index in [2.05, 4.69) is 20.5 Å². The van der Waals surface area contributed by atoms with Crippen molar-refractivity contribution in [3.63, 3.8) is 0 Å². The molecule has 0 aliphatic rings. The molecule has 1 aromatic carbocycles. The van der Waals surface area contributed by atoms with Crippen LogP contribution in [0.5, 0.6) is 0 Å². The van der Waals surface area contributed by atoms with Crippen molar-refractivity contribution in [2.75, 3.05) is 0 Å². The van der Waals surface area contributed by atoms with E-state index in [0.717, 1.165) is 0 Å². The standard InChI is InChI=1S/C14H13FN4O2/c1-9-18-12(8-17-21)6-13(19-9)14(20)16-7-10-3-2-4-11(15)5-10/h2-6H,7-8H2,1H3,(H,16,20). The molecule has 108 valence electrons. The minimum absolute atomic E-state index is 0.118. The topological polar surface area (TPSA) is 84.3 Å². The number of rotatable bonds is 5. The van der Waals surface area contributed by atoms with E-state index in [1.54, 1.807) is 19.1 Å². The zero-order valence-electron chi connectivity index (χ0n) is 11.3. The van der Waals surface area contributed by atoms with Crippen LogP contribution in [0.25, 0.3) is 0 Å². The van der Waals surface area contributed by atoms with Crippen LogP contribution in [0.3, 0.4) is 0 Å². The second-order valence-electron chi connectivity index (χ2n) is 4.39. The summed E-state index contributed by atoms with van der Waals surface area (Å²) in [6.45, 7) is 1.69. The Balaban J connectivity index is 2.08. The van der Waals surface area contributed by atoms with Crippen LogP contribution in [0.2, 0.25) is 0 Å². The van der Waals surface area contributed by atoms with E-state index < -0.39 is 5.91 Å². The van der Waals surface area contributed by atoms with Crippen LogP contribution < -0.4 is 5.32 Å². The number of carbonyl (C=O) groups is 1. The highest BCUT2D eigenvalue weighted by atomic mass is 19.1. The van der Waals surface area contributed by atoms with Crippen molar-refractivity contribution >= 4 is 5.91 Å². The Kier molecular flexibility index (Phi) is 4.65. The Morgan fingerprint density at radius 2 is 2.14 bits per heavy atom. The maximum Gasteiger partial charge on any atom is 0.270 e. The molecule has 0 aliphatic heterocycles. The van der Waals surface area contributed by atoms with E-state index in [1.807, 2.05) is 0 Å². The van der Waals surface area contributed by atoms with Gasteiger partial charge in [-0.2, -0.15) is 4.91 Å². The third-order valence-corrected chi connectivity index (χ3v) is 2.69. The molecule has 6 nitrogen and oxygen atoms in total. The van der Waals surface area contributed by atoms with E-state index in [9.17, 15) is 14.1 Å². The van der Waals surface area contributed by atoms with Crippen LogP contribution in [0.1, 0.15) is 27.6 Å². The molecule has 1 aromatic heterocycles. The molecule has 0 radical (unpaired) electrons. The quantitative estimate of drug-likeness (QED) is 0.854. The molecule has 0 saturated heterocycles. The molecule has 0 aliphatic carbocycles. The number of hydrogen-bond acceptors (Lipinski definition) is 5. The zero-order chi connectivity index (χ0) is 15.2. The molecule has 1 N–H and O–H groups in total. The van der Waals surface area contributed by atoms with Gasteiger partial charge < -0.3 is 5.32 Å². The fraction of sp³-hybridized carbons (Fsp3) is 0.214. The van der Waals surface area contributed by atoms with Gasteiger partial charge in [0.15, 0.2) is 0 Å². The second kappa shape index (κ2) is 6.65. The normalized spacial score (nSPS) is 10.2. The van der Waals surface area contributed by atoms with Crippen LogP contribution in [0, 0.1) is 17.6 Å². The first-order valence-electron chi connectivity index (χ1n) is 6.25. The molecule has 1 heterocycles. The predicted molar refractivity (Wildman–Crippen MR) is 73.8 cm³/mol. The molecular weight excluding hydrogens is 275 g/mol. The fourth-order valence-electron chi connectivity index (χ4n) is 1.81. The number of amides is 1. The van der Waals surface area contributed by atoms with Crippen molar-refractivity contribution in [3.8, 4) is 0 Å². The first-order valence-corrected chi connectivity index (χ1v) is 6.25. The molecule has 1 amide bonds. The van der Waals surface area contributed by atoms with Gasteiger partial charge in [0, 0.05) is 6.54 Å². The maximum absolute atomic E-state index is 13.0. The second-order valence-corrected chi connectivity index (χ2v) is 4.39. The van der Waals surface area contributed by atoms with E-state index >= 15 is 0 Å². The van der Waals surface area contributed by atoms with Gasteiger partial charge in [-0.05, 0) is 30.7 Å². The summed E-state index contributed by atoms with van der Waals surface area (Å²) in [5.74, 6) is -0.400. The highest BCUT2D eigenvalue weighted by Crippen LogP contribution is 2.05. The SMILES string of the molecule is Cc1nc(CN=O)cc(C(=O)NCc2cccc(F)c2)n1. The van der Waals surface area contributed by atoms with Gasteiger partial charge in [-0.3, -0.25) is 4.79 Å². The molecule has 0 unspecified atom stereocenters. The molecule has 2 rings (SSSR count). The predicted octanol–water partition coefficient (Wildman–Crippen LogP) is 2.12. The van der Waals surface area contributed by atoms with Gasteiger partial charge >= 0.3 is 0 Å². The van der Waals surface area contributed by atoms with Crippen molar-refractivity contribution in [1.82, 2.24) is 15.3 Å². The molecule has 2 aromatic rings. The smallest absolute Gasteiger partial charge is 0.270 e. The Bertz CT molecular complexity index is 676.